The van der Waals surface area contributed by atoms with Crippen molar-refractivity contribution in [2.75, 3.05) is 0 Å². The molecule has 140 valence electrons. The molecule has 2 N–H and O–H groups in total. The number of rotatable bonds is 2. The van der Waals surface area contributed by atoms with E-state index in [0.717, 1.165) is 32.2 Å². The SMILES string of the molecule is O=C1CCC(N2Cc3cc(-c4ncc(Br)c5cc[nH]c45)ccc3C2=O)C(=O)N1. The van der Waals surface area contributed by atoms with Gasteiger partial charge in [-0.3, -0.25) is 24.7 Å². The number of piperidine rings is 1. The molecule has 1 atom stereocenters. The highest BCUT2D eigenvalue weighted by atomic mass is 79.9. The number of carbonyl (C=O) groups is 3. The monoisotopic (exact) mass is 438 g/mol. The van der Waals surface area contributed by atoms with Crippen molar-refractivity contribution in [3.8, 4) is 11.3 Å². The fourth-order valence-corrected chi connectivity index (χ4v) is 4.39. The van der Waals surface area contributed by atoms with Gasteiger partial charge in [0.25, 0.3) is 5.91 Å². The first kappa shape index (κ1) is 17.1. The third kappa shape index (κ3) is 2.56. The number of H-pyrrole nitrogens is 1. The molecule has 1 saturated heterocycles. The zero-order valence-electron chi connectivity index (χ0n) is 14.7. The van der Waals surface area contributed by atoms with Crippen LogP contribution in [0.2, 0.25) is 0 Å². The normalized spacial score (nSPS) is 19.2. The van der Waals surface area contributed by atoms with E-state index >= 15 is 0 Å². The second-order valence-electron chi connectivity index (χ2n) is 6.99. The van der Waals surface area contributed by atoms with Crippen LogP contribution in [0.1, 0.15) is 28.8 Å². The van der Waals surface area contributed by atoms with Crippen LogP contribution in [0.5, 0.6) is 0 Å². The predicted molar refractivity (Wildman–Crippen MR) is 105 cm³/mol. The fraction of sp³-hybridized carbons (Fsp3) is 0.200. The smallest absolute Gasteiger partial charge is 0.255 e. The van der Waals surface area contributed by atoms with E-state index in [2.05, 4.69) is 31.2 Å². The predicted octanol–water partition coefficient (Wildman–Crippen LogP) is 2.75. The quantitative estimate of drug-likeness (QED) is 0.601. The molecule has 1 aromatic carbocycles. The van der Waals surface area contributed by atoms with Gasteiger partial charge in [0.1, 0.15) is 6.04 Å². The van der Waals surface area contributed by atoms with Gasteiger partial charge in [0.2, 0.25) is 11.8 Å². The van der Waals surface area contributed by atoms with E-state index in [1.807, 2.05) is 24.4 Å². The Morgan fingerprint density at radius 1 is 1.18 bits per heavy atom. The summed E-state index contributed by atoms with van der Waals surface area (Å²) in [6.07, 6.45) is 4.23. The van der Waals surface area contributed by atoms with Gasteiger partial charge in [-0.2, -0.15) is 0 Å². The van der Waals surface area contributed by atoms with E-state index in [0.29, 0.717) is 18.5 Å². The number of imide groups is 1. The maximum atomic E-state index is 12.8. The number of halogens is 1. The van der Waals surface area contributed by atoms with Crippen molar-refractivity contribution in [1.82, 2.24) is 20.2 Å². The third-order valence-corrected chi connectivity index (χ3v) is 5.98. The van der Waals surface area contributed by atoms with Gasteiger partial charge >= 0.3 is 0 Å². The number of fused-ring (bicyclic) bond motifs is 2. The number of aromatic amines is 1. The maximum absolute atomic E-state index is 12.8. The number of pyridine rings is 1. The van der Waals surface area contributed by atoms with E-state index in [-0.39, 0.29) is 18.2 Å². The molecule has 5 rings (SSSR count). The van der Waals surface area contributed by atoms with Crippen LogP contribution < -0.4 is 5.32 Å². The molecule has 0 spiro atoms. The average molecular weight is 439 g/mol. The largest absolute Gasteiger partial charge is 0.359 e. The Bertz CT molecular complexity index is 1170. The van der Waals surface area contributed by atoms with E-state index < -0.39 is 11.9 Å². The molecule has 1 unspecified atom stereocenters. The Morgan fingerprint density at radius 3 is 2.86 bits per heavy atom. The third-order valence-electron chi connectivity index (χ3n) is 5.35. The molecule has 7 nitrogen and oxygen atoms in total. The van der Waals surface area contributed by atoms with Crippen molar-refractivity contribution in [1.29, 1.82) is 0 Å². The molecule has 3 aromatic rings. The molecule has 2 aliphatic rings. The zero-order chi connectivity index (χ0) is 19.4. The van der Waals surface area contributed by atoms with Crippen LogP contribution in [0.4, 0.5) is 0 Å². The van der Waals surface area contributed by atoms with Crippen molar-refractivity contribution in [3.05, 3.63) is 52.3 Å². The molecule has 0 saturated carbocycles. The highest BCUT2D eigenvalue weighted by molar-refractivity contribution is 9.10. The summed E-state index contributed by atoms with van der Waals surface area (Å²) < 4.78 is 0.910. The van der Waals surface area contributed by atoms with Crippen molar-refractivity contribution in [3.63, 3.8) is 0 Å². The van der Waals surface area contributed by atoms with E-state index in [9.17, 15) is 14.4 Å². The van der Waals surface area contributed by atoms with Gasteiger partial charge in [0.05, 0.1) is 11.2 Å². The fourth-order valence-electron chi connectivity index (χ4n) is 3.96. The van der Waals surface area contributed by atoms with Crippen molar-refractivity contribution in [2.24, 2.45) is 0 Å². The Morgan fingerprint density at radius 2 is 2.04 bits per heavy atom. The lowest BCUT2D eigenvalue weighted by atomic mass is 10.0. The van der Waals surface area contributed by atoms with Crippen molar-refractivity contribution in [2.45, 2.75) is 25.4 Å². The summed E-state index contributed by atoms with van der Waals surface area (Å²) in [7, 11) is 0. The van der Waals surface area contributed by atoms with Crippen LogP contribution in [0.25, 0.3) is 22.2 Å². The molecule has 8 heteroatoms. The van der Waals surface area contributed by atoms with Crippen LogP contribution in [0, 0.1) is 0 Å². The zero-order valence-corrected chi connectivity index (χ0v) is 16.2. The van der Waals surface area contributed by atoms with E-state index in [4.69, 9.17) is 0 Å². The van der Waals surface area contributed by atoms with Gasteiger partial charge in [-0.25, -0.2) is 0 Å². The number of carbonyl (C=O) groups excluding carboxylic acids is 3. The molecule has 2 aliphatic heterocycles. The van der Waals surface area contributed by atoms with Crippen LogP contribution in [0.3, 0.4) is 0 Å². The molecule has 0 aliphatic carbocycles. The van der Waals surface area contributed by atoms with Gasteiger partial charge in [0.15, 0.2) is 0 Å². The number of amides is 3. The summed E-state index contributed by atoms with van der Waals surface area (Å²) in [6.45, 7) is 0.346. The topological polar surface area (TPSA) is 95.2 Å². The summed E-state index contributed by atoms with van der Waals surface area (Å²) in [4.78, 5) is 45.7. The Balaban J connectivity index is 1.51. The lowest BCUT2D eigenvalue weighted by Gasteiger charge is -2.29. The van der Waals surface area contributed by atoms with Crippen LogP contribution in [-0.4, -0.2) is 38.6 Å². The molecular weight excluding hydrogens is 424 g/mol. The van der Waals surface area contributed by atoms with E-state index in [1.165, 1.54) is 0 Å². The van der Waals surface area contributed by atoms with Crippen LogP contribution >= 0.6 is 15.9 Å². The molecular formula is C20H15BrN4O3. The molecule has 28 heavy (non-hydrogen) atoms. The van der Waals surface area contributed by atoms with Crippen molar-refractivity contribution < 1.29 is 14.4 Å². The number of aromatic nitrogens is 2. The number of nitrogens with one attached hydrogen (secondary N) is 2. The average Bonchev–Trinajstić information content (AvgIpc) is 3.28. The summed E-state index contributed by atoms with van der Waals surface area (Å²) in [6, 6.07) is 6.99. The van der Waals surface area contributed by atoms with Gasteiger partial charge < -0.3 is 9.88 Å². The molecule has 3 amide bonds. The first-order chi connectivity index (χ1) is 13.5. The van der Waals surface area contributed by atoms with Gasteiger partial charge in [-0.15, -0.1) is 0 Å². The van der Waals surface area contributed by atoms with Gasteiger partial charge in [-0.05, 0) is 46.1 Å². The van der Waals surface area contributed by atoms with Gasteiger partial charge in [-0.1, -0.05) is 6.07 Å². The Labute approximate surface area is 168 Å². The number of nitrogens with zero attached hydrogens (tertiary/aromatic N) is 2. The minimum absolute atomic E-state index is 0.176. The van der Waals surface area contributed by atoms with Gasteiger partial charge in [0, 0.05) is 46.3 Å². The van der Waals surface area contributed by atoms with Crippen molar-refractivity contribution >= 4 is 44.6 Å². The second-order valence-corrected chi connectivity index (χ2v) is 7.85. The standard InChI is InChI=1S/C20H15BrN4O3/c21-14-8-23-17(18-13(14)5-6-22-18)10-1-2-12-11(7-10)9-25(20(12)28)15-3-4-16(26)24-19(15)27/h1-2,5-8,15,22H,3-4,9H2,(H,24,26,27). The highest BCUT2D eigenvalue weighted by Crippen LogP contribution is 2.34. The summed E-state index contributed by atoms with van der Waals surface area (Å²) >= 11 is 3.51. The second kappa shape index (κ2) is 6.27. The Kier molecular flexibility index (Phi) is 3.83. The summed E-state index contributed by atoms with van der Waals surface area (Å²) in [5, 5.41) is 3.36. The minimum Gasteiger partial charge on any atom is -0.359 e. The lowest BCUT2D eigenvalue weighted by molar-refractivity contribution is -0.136. The van der Waals surface area contributed by atoms with Crippen LogP contribution in [0.15, 0.2) is 41.1 Å². The number of hydrogen-bond donors (Lipinski definition) is 2. The van der Waals surface area contributed by atoms with E-state index in [1.54, 1.807) is 17.2 Å². The Hall–Kier alpha value is -3.00. The lowest BCUT2D eigenvalue weighted by Crippen LogP contribution is -2.52. The maximum Gasteiger partial charge on any atom is 0.255 e. The number of benzene rings is 1. The molecule has 1 fully saturated rings. The molecule has 0 bridgehead atoms. The molecule has 2 aromatic heterocycles. The molecule has 4 heterocycles. The minimum atomic E-state index is -0.609. The number of hydrogen-bond acceptors (Lipinski definition) is 4. The first-order valence-corrected chi connectivity index (χ1v) is 9.72. The highest BCUT2D eigenvalue weighted by Gasteiger charge is 2.39. The first-order valence-electron chi connectivity index (χ1n) is 8.92. The summed E-state index contributed by atoms with van der Waals surface area (Å²) in [5.74, 6) is -0.867. The van der Waals surface area contributed by atoms with Crippen LogP contribution in [-0.2, 0) is 16.1 Å². The summed E-state index contributed by atoms with van der Waals surface area (Å²) in [5.41, 5.74) is 4.07. The molecule has 0 radical (unpaired) electrons.